The zero-order chi connectivity index (χ0) is 21.0. The first kappa shape index (κ1) is 21.4. The molecule has 2 aromatic rings. The fourth-order valence-corrected chi connectivity index (χ4v) is 4.48. The van der Waals surface area contributed by atoms with Crippen molar-refractivity contribution in [3.63, 3.8) is 0 Å². The topological polar surface area (TPSA) is 64.4 Å². The summed E-state index contributed by atoms with van der Waals surface area (Å²) in [6, 6.07) is 6.30. The van der Waals surface area contributed by atoms with Gasteiger partial charge in [-0.05, 0) is 63.8 Å². The highest BCUT2D eigenvalue weighted by Crippen LogP contribution is 2.28. The molecule has 0 radical (unpaired) electrons. The van der Waals surface area contributed by atoms with Crippen molar-refractivity contribution in [2.24, 2.45) is 5.92 Å². The molecule has 1 fully saturated rings. The van der Waals surface area contributed by atoms with E-state index in [2.05, 4.69) is 37.0 Å². The number of aryl methyl sites for hydroxylation is 2. The van der Waals surface area contributed by atoms with Gasteiger partial charge in [-0.25, -0.2) is 4.98 Å². The molecule has 0 N–H and O–H groups in total. The van der Waals surface area contributed by atoms with Crippen LogP contribution in [0.3, 0.4) is 0 Å². The number of nitrogens with zero attached hydrogens (tertiary/aromatic N) is 3. The maximum Gasteiger partial charge on any atom is 0.309 e. The molecule has 7 heteroatoms. The molecular weight excluding hydrogens is 386 g/mol. The molecule has 1 aliphatic rings. The third-order valence-corrected chi connectivity index (χ3v) is 6.50. The van der Waals surface area contributed by atoms with E-state index < -0.39 is 0 Å². The Morgan fingerprint density at radius 2 is 1.97 bits per heavy atom. The van der Waals surface area contributed by atoms with Gasteiger partial charge in [0.1, 0.15) is 0 Å². The predicted molar refractivity (Wildman–Crippen MR) is 114 cm³/mol. The lowest BCUT2D eigenvalue weighted by Gasteiger charge is -2.32. The largest absolute Gasteiger partial charge is 0.466 e. The van der Waals surface area contributed by atoms with Gasteiger partial charge in [-0.3, -0.25) is 14.2 Å². The van der Waals surface area contributed by atoms with Crippen LogP contribution in [0.15, 0.2) is 35.7 Å². The average Bonchev–Trinajstić information content (AvgIpc) is 3.18. The first-order valence-electron chi connectivity index (χ1n) is 10.1. The Labute approximate surface area is 176 Å². The number of thioether (sulfide) groups is 1. The van der Waals surface area contributed by atoms with E-state index in [1.165, 1.54) is 22.9 Å². The van der Waals surface area contributed by atoms with Crippen LogP contribution >= 0.6 is 11.8 Å². The standard InChI is InChI=1S/C22H29N3O3S/c1-5-28-21(27)18-8-11-24(12-9-18)20(26)17(4)29-22-23-10-13-25(22)19-7-6-15(2)16(3)14-19/h6-7,10,13-14,17-18H,5,8-9,11-12H2,1-4H3. The number of esters is 1. The molecule has 1 aromatic carbocycles. The van der Waals surface area contributed by atoms with E-state index in [0.29, 0.717) is 32.5 Å². The number of piperidine rings is 1. The number of amides is 1. The molecule has 1 atom stereocenters. The van der Waals surface area contributed by atoms with E-state index in [1.807, 2.05) is 29.5 Å². The molecule has 1 amide bonds. The number of ether oxygens (including phenoxy) is 1. The molecule has 1 unspecified atom stereocenters. The Morgan fingerprint density at radius 1 is 1.24 bits per heavy atom. The molecule has 0 aliphatic carbocycles. The minimum absolute atomic E-state index is 0.0898. The van der Waals surface area contributed by atoms with Crippen LogP contribution in [0, 0.1) is 19.8 Å². The third-order valence-electron chi connectivity index (χ3n) is 5.43. The summed E-state index contributed by atoms with van der Waals surface area (Å²) < 4.78 is 7.13. The number of carbonyl (C=O) groups is 2. The Kier molecular flexibility index (Phi) is 7.00. The van der Waals surface area contributed by atoms with Crippen LogP contribution in [0.2, 0.25) is 0 Å². The molecule has 1 aromatic heterocycles. The Morgan fingerprint density at radius 3 is 2.62 bits per heavy atom. The van der Waals surface area contributed by atoms with Crippen LogP contribution in [-0.2, 0) is 14.3 Å². The summed E-state index contributed by atoms with van der Waals surface area (Å²) >= 11 is 1.47. The highest BCUT2D eigenvalue weighted by atomic mass is 32.2. The van der Waals surface area contributed by atoms with Gasteiger partial charge in [-0.2, -0.15) is 0 Å². The van der Waals surface area contributed by atoms with Gasteiger partial charge in [0.25, 0.3) is 0 Å². The first-order valence-corrected chi connectivity index (χ1v) is 11.0. The van der Waals surface area contributed by atoms with Crippen molar-refractivity contribution in [2.45, 2.75) is 50.9 Å². The molecule has 0 bridgehead atoms. The number of hydrogen-bond donors (Lipinski definition) is 0. The maximum atomic E-state index is 12.9. The lowest BCUT2D eigenvalue weighted by molar-refractivity contribution is -0.151. The number of rotatable bonds is 6. The summed E-state index contributed by atoms with van der Waals surface area (Å²) in [6.45, 7) is 9.51. The fourth-order valence-electron chi connectivity index (χ4n) is 3.51. The second-order valence-corrected chi connectivity index (χ2v) is 8.77. The summed E-state index contributed by atoms with van der Waals surface area (Å²) in [5.74, 6) is -0.143. The van der Waals surface area contributed by atoms with Crippen molar-refractivity contribution in [1.82, 2.24) is 14.5 Å². The Bertz CT molecular complexity index is 872. The number of benzene rings is 1. The van der Waals surface area contributed by atoms with Crippen molar-refractivity contribution < 1.29 is 14.3 Å². The van der Waals surface area contributed by atoms with E-state index in [1.54, 1.807) is 6.20 Å². The van der Waals surface area contributed by atoms with Crippen LogP contribution < -0.4 is 0 Å². The number of hydrogen-bond acceptors (Lipinski definition) is 5. The van der Waals surface area contributed by atoms with Crippen LogP contribution in [0.1, 0.15) is 37.8 Å². The number of likely N-dealkylation sites (tertiary alicyclic amines) is 1. The molecule has 6 nitrogen and oxygen atoms in total. The Balaban J connectivity index is 1.62. The highest BCUT2D eigenvalue weighted by molar-refractivity contribution is 8.00. The molecule has 0 saturated carbocycles. The summed E-state index contributed by atoms with van der Waals surface area (Å²) in [5.41, 5.74) is 3.52. The average molecular weight is 416 g/mol. The number of carbonyl (C=O) groups excluding carboxylic acids is 2. The van der Waals surface area contributed by atoms with Crippen molar-refractivity contribution in [1.29, 1.82) is 0 Å². The summed E-state index contributed by atoms with van der Waals surface area (Å²) in [4.78, 5) is 31.1. The summed E-state index contributed by atoms with van der Waals surface area (Å²) in [7, 11) is 0. The van der Waals surface area contributed by atoms with E-state index in [4.69, 9.17) is 4.74 Å². The van der Waals surface area contributed by atoms with Gasteiger partial charge in [-0.1, -0.05) is 17.8 Å². The second-order valence-electron chi connectivity index (χ2n) is 7.46. The second kappa shape index (κ2) is 9.48. The summed E-state index contributed by atoms with van der Waals surface area (Å²) in [5, 5.41) is 0.553. The van der Waals surface area contributed by atoms with E-state index in [9.17, 15) is 9.59 Å². The monoisotopic (exact) mass is 415 g/mol. The molecule has 29 heavy (non-hydrogen) atoms. The smallest absolute Gasteiger partial charge is 0.309 e. The zero-order valence-electron chi connectivity index (χ0n) is 17.6. The zero-order valence-corrected chi connectivity index (χ0v) is 18.4. The molecule has 1 aliphatic heterocycles. The fraction of sp³-hybridized carbons (Fsp3) is 0.500. The van der Waals surface area contributed by atoms with Gasteiger partial charge in [0.05, 0.1) is 17.8 Å². The van der Waals surface area contributed by atoms with Crippen LogP contribution in [0.4, 0.5) is 0 Å². The van der Waals surface area contributed by atoms with Crippen molar-refractivity contribution in [3.05, 3.63) is 41.7 Å². The van der Waals surface area contributed by atoms with Crippen molar-refractivity contribution in [3.8, 4) is 5.69 Å². The maximum absolute atomic E-state index is 12.9. The number of aromatic nitrogens is 2. The lowest BCUT2D eigenvalue weighted by Crippen LogP contribution is -2.43. The van der Waals surface area contributed by atoms with Gasteiger partial charge >= 0.3 is 5.97 Å². The Hall–Kier alpha value is -2.28. The molecule has 1 saturated heterocycles. The first-order chi connectivity index (χ1) is 13.9. The molecule has 2 heterocycles. The summed E-state index contributed by atoms with van der Waals surface area (Å²) in [6.07, 6.45) is 5.02. The van der Waals surface area contributed by atoms with Crippen LogP contribution in [0.5, 0.6) is 0 Å². The van der Waals surface area contributed by atoms with Crippen molar-refractivity contribution in [2.75, 3.05) is 19.7 Å². The molecular formula is C22H29N3O3S. The predicted octanol–water partition coefficient (Wildman–Crippen LogP) is 3.77. The SMILES string of the molecule is CCOC(=O)C1CCN(C(=O)C(C)Sc2nccn2-c2ccc(C)c(C)c2)CC1. The van der Waals surface area contributed by atoms with Gasteiger partial charge in [0.15, 0.2) is 5.16 Å². The third kappa shape index (κ3) is 5.01. The van der Waals surface area contributed by atoms with E-state index >= 15 is 0 Å². The van der Waals surface area contributed by atoms with Crippen LogP contribution in [-0.4, -0.2) is 51.3 Å². The van der Waals surface area contributed by atoms with E-state index in [-0.39, 0.29) is 23.0 Å². The highest BCUT2D eigenvalue weighted by Gasteiger charge is 2.30. The molecule has 156 valence electrons. The van der Waals surface area contributed by atoms with Gasteiger partial charge in [0, 0.05) is 31.2 Å². The minimum Gasteiger partial charge on any atom is -0.466 e. The minimum atomic E-state index is -0.248. The van der Waals surface area contributed by atoms with Gasteiger partial charge in [-0.15, -0.1) is 0 Å². The van der Waals surface area contributed by atoms with Gasteiger partial charge in [0.2, 0.25) is 5.91 Å². The lowest BCUT2D eigenvalue weighted by atomic mass is 9.97. The molecule has 0 spiro atoms. The normalized spacial score (nSPS) is 15.9. The molecule has 3 rings (SSSR count). The number of imidazole rings is 1. The van der Waals surface area contributed by atoms with E-state index in [0.717, 1.165) is 10.8 Å². The quantitative estimate of drug-likeness (QED) is 0.531. The van der Waals surface area contributed by atoms with Crippen LogP contribution in [0.25, 0.3) is 5.69 Å². The van der Waals surface area contributed by atoms with Crippen molar-refractivity contribution >= 4 is 23.6 Å². The van der Waals surface area contributed by atoms with Gasteiger partial charge < -0.3 is 9.64 Å².